The van der Waals surface area contributed by atoms with Crippen LogP contribution >= 0.6 is 0 Å². The summed E-state index contributed by atoms with van der Waals surface area (Å²) in [6, 6.07) is 5.62. The Morgan fingerprint density at radius 1 is 1.35 bits per heavy atom. The molecule has 0 atom stereocenters. The lowest BCUT2D eigenvalue weighted by Gasteiger charge is -2.26. The van der Waals surface area contributed by atoms with Crippen LogP contribution in [0.3, 0.4) is 0 Å². The SMILES string of the molecule is CC1=C(NC(=O)c2ccc([N+](=O)[O-])cc2)CCN(C)C1. The van der Waals surface area contributed by atoms with Gasteiger partial charge in [0.2, 0.25) is 0 Å². The maximum Gasteiger partial charge on any atom is 0.269 e. The monoisotopic (exact) mass is 275 g/mol. The van der Waals surface area contributed by atoms with E-state index in [9.17, 15) is 14.9 Å². The van der Waals surface area contributed by atoms with E-state index in [1.807, 2.05) is 14.0 Å². The number of carbonyl (C=O) groups is 1. The van der Waals surface area contributed by atoms with Gasteiger partial charge >= 0.3 is 0 Å². The summed E-state index contributed by atoms with van der Waals surface area (Å²) >= 11 is 0. The number of nitrogens with one attached hydrogen (secondary N) is 1. The number of benzene rings is 1. The van der Waals surface area contributed by atoms with Crippen LogP contribution in [0.1, 0.15) is 23.7 Å². The molecular formula is C14H17N3O3. The first kappa shape index (κ1) is 14.2. The molecule has 0 aromatic heterocycles. The predicted molar refractivity (Wildman–Crippen MR) is 75.4 cm³/mol. The second kappa shape index (κ2) is 5.83. The summed E-state index contributed by atoms with van der Waals surface area (Å²) in [5, 5.41) is 13.5. The largest absolute Gasteiger partial charge is 0.326 e. The molecule has 20 heavy (non-hydrogen) atoms. The lowest BCUT2D eigenvalue weighted by Crippen LogP contribution is -2.33. The van der Waals surface area contributed by atoms with Crippen molar-refractivity contribution in [2.24, 2.45) is 0 Å². The van der Waals surface area contributed by atoms with E-state index < -0.39 is 4.92 Å². The summed E-state index contributed by atoms with van der Waals surface area (Å²) in [5.74, 6) is -0.223. The first-order valence-electron chi connectivity index (χ1n) is 6.40. The van der Waals surface area contributed by atoms with Crippen molar-refractivity contribution in [3.8, 4) is 0 Å². The molecule has 0 aliphatic carbocycles. The molecule has 1 N–H and O–H groups in total. The highest BCUT2D eigenvalue weighted by Gasteiger charge is 2.16. The van der Waals surface area contributed by atoms with Gasteiger partial charge in [-0.3, -0.25) is 14.9 Å². The predicted octanol–water partition coefficient (Wildman–Crippen LogP) is 1.93. The van der Waals surface area contributed by atoms with Gasteiger partial charge in [-0.15, -0.1) is 0 Å². The molecular weight excluding hydrogens is 258 g/mol. The number of nitro benzene ring substituents is 1. The molecule has 6 heteroatoms. The van der Waals surface area contributed by atoms with Crippen molar-refractivity contribution in [2.45, 2.75) is 13.3 Å². The third kappa shape index (κ3) is 3.21. The zero-order valence-electron chi connectivity index (χ0n) is 11.5. The van der Waals surface area contributed by atoms with E-state index in [2.05, 4.69) is 10.2 Å². The number of carbonyl (C=O) groups excluding carboxylic acids is 1. The molecule has 0 fully saturated rings. The molecule has 6 nitrogen and oxygen atoms in total. The molecule has 106 valence electrons. The third-order valence-corrected chi connectivity index (χ3v) is 3.37. The van der Waals surface area contributed by atoms with Gasteiger partial charge in [0.25, 0.3) is 11.6 Å². The van der Waals surface area contributed by atoms with Crippen molar-refractivity contribution in [1.29, 1.82) is 0 Å². The molecule has 1 aromatic carbocycles. The Kier molecular flexibility index (Phi) is 4.14. The van der Waals surface area contributed by atoms with Gasteiger partial charge in [-0.1, -0.05) is 0 Å². The first-order valence-corrected chi connectivity index (χ1v) is 6.40. The van der Waals surface area contributed by atoms with Crippen LogP contribution in [-0.4, -0.2) is 35.9 Å². The number of non-ortho nitro benzene ring substituents is 1. The standard InChI is InChI=1S/C14H17N3O3/c1-10-9-16(2)8-7-13(10)15-14(18)11-3-5-12(6-4-11)17(19)20/h3-6H,7-9H2,1-2H3,(H,15,18). The van der Waals surface area contributed by atoms with Crippen molar-refractivity contribution in [3.05, 3.63) is 51.2 Å². The Labute approximate surface area is 117 Å². The Hall–Kier alpha value is -2.21. The van der Waals surface area contributed by atoms with Gasteiger partial charge in [-0.05, 0) is 31.7 Å². The van der Waals surface area contributed by atoms with Gasteiger partial charge in [0.15, 0.2) is 0 Å². The highest BCUT2D eigenvalue weighted by molar-refractivity contribution is 5.95. The van der Waals surface area contributed by atoms with E-state index in [0.29, 0.717) is 5.56 Å². The van der Waals surface area contributed by atoms with Gasteiger partial charge in [0.05, 0.1) is 4.92 Å². The average molecular weight is 275 g/mol. The van der Waals surface area contributed by atoms with Crippen molar-refractivity contribution in [1.82, 2.24) is 10.2 Å². The van der Waals surface area contributed by atoms with E-state index in [4.69, 9.17) is 0 Å². The summed E-state index contributed by atoms with van der Waals surface area (Å²) in [6.45, 7) is 3.75. The fourth-order valence-corrected chi connectivity index (χ4v) is 2.21. The zero-order chi connectivity index (χ0) is 14.7. The number of hydrogen-bond donors (Lipinski definition) is 1. The minimum atomic E-state index is -0.481. The van der Waals surface area contributed by atoms with E-state index in [0.717, 1.165) is 30.8 Å². The minimum Gasteiger partial charge on any atom is -0.326 e. The average Bonchev–Trinajstić information content (AvgIpc) is 2.42. The van der Waals surface area contributed by atoms with E-state index in [1.165, 1.54) is 24.3 Å². The van der Waals surface area contributed by atoms with Gasteiger partial charge in [0.1, 0.15) is 0 Å². The molecule has 2 rings (SSSR count). The zero-order valence-corrected chi connectivity index (χ0v) is 11.5. The lowest BCUT2D eigenvalue weighted by atomic mass is 10.1. The number of nitrogens with zero attached hydrogens (tertiary/aromatic N) is 2. The Morgan fingerprint density at radius 3 is 2.55 bits per heavy atom. The lowest BCUT2D eigenvalue weighted by molar-refractivity contribution is -0.384. The van der Waals surface area contributed by atoms with Crippen LogP contribution in [0.2, 0.25) is 0 Å². The van der Waals surface area contributed by atoms with E-state index in [1.54, 1.807) is 0 Å². The van der Waals surface area contributed by atoms with Crippen LogP contribution in [0.5, 0.6) is 0 Å². The summed E-state index contributed by atoms with van der Waals surface area (Å²) in [4.78, 5) is 24.4. The van der Waals surface area contributed by atoms with Gasteiger partial charge in [0, 0.05) is 42.9 Å². The summed E-state index contributed by atoms with van der Waals surface area (Å²) in [6.07, 6.45) is 0.807. The van der Waals surface area contributed by atoms with Crippen LogP contribution in [0.15, 0.2) is 35.5 Å². The molecule has 1 amide bonds. The van der Waals surface area contributed by atoms with Crippen LogP contribution in [0.4, 0.5) is 5.69 Å². The second-order valence-corrected chi connectivity index (χ2v) is 5.00. The van der Waals surface area contributed by atoms with Crippen LogP contribution < -0.4 is 5.32 Å². The van der Waals surface area contributed by atoms with Crippen molar-refractivity contribution in [2.75, 3.05) is 20.1 Å². The molecule has 0 radical (unpaired) electrons. The molecule has 0 unspecified atom stereocenters. The maximum atomic E-state index is 12.1. The second-order valence-electron chi connectivity index (χ2n) is 5.00. The Morgan fingerprint density at radius 2 is 2.00 bits per heavy atom. The third-order valence-electron chi connectivity index (χ3n) is 3.37. The number of amides is 1. The highest BCUT2D eigenvalue weighted by Crippen LogP contribution is 2.16. The molecule has 1 heterocycles. The van der Waals surface area contributed by atoms with Crippen LogP contribution in [0.25, 0.3) is 0 Å². The van der Waals surface area contributed by atoms with Crippen LogP contribution in [0, 0.1) is 10.1 Å². The molecule has 0 saturated heterocycles. The molecule has 1 aliphatic rings. The molecule has 1 aliphatic heterocycles. The highest BCUT2D eigenvalue weighted by atomic mass is 16.6. The summed E-state index contributed by atoms with van der Waals surface area (Å²) < 4.78 is 0. The topological polar surface area (TPSA) is 75.5 Å². The first-order chi connectivity index (χ1) is 9.47. The Bertz CT molecular complexity index is 564. The fourth-order valence-electron chi connectivity index (χ4n) is 2.21. The van der Waals surface area contributed by atoms with E-state index in [-0.39, 0.29) is 11.6 Å². The van der Waals surface area contributed by atoms with Crippen molar-refractivity contribution < 1.29 is 9.72 Å². The molecule has 0 saturated carbocycles. The number of hydrogen-bond acceptors (Lipinski definition) is 4. The van der Waals surface area contributed by atoms with Gasteiger partial charge in [-0.2, -0.15) is 0 Å². The number of rotatable bonds is 3. The van der Waals surface area contributed by atoms with E-state index >= 15 is 0 Å². The number of nitro groups is 1. The molecule has 1 aromatic rings. The van der Waals surface area contributed by atoms with Crippen molar-refractivity contribution in [3.63, 3.8) is 0 Å². The van der Waals surface area contributed by atoms with Gasteiger partial charge in [-0.25, -0.2) is 0 Å². The van der Waals surface area contributed by atoms with Gasteiger partial charge < -0.3 is 10.2 Å². The number of likely N-dealkylation sites (N-methyl/N-ethyl adjacent to an activating group) is 1. The van der Waals surface area contributed by atoms with Crippen LogP contribution in [-0.2, 0) is 0 Å². The summed E-state index contributed by atoms with van der Waals surface area (Å²) in [5.41, 5.74) is 2.51. The smallest absolute Gasteiger partial charge is 0.269 e. The normalized spacial score (nSPS) is 16.1. The fraction of sp³-hybridized carbons (Fsp3) is 0.357. The minimum absolute atomic E-state index is 0.0174. The maximum absolute atomic E-state index is 12.1. The summed E-state index contributed by atoms with van der Waals surface area (Å²) in [7, 11) is 2.04. The molecule has 0 bridgehead atoms. The Balaban J connectivity index is 2.08. The molecule has 0 spiro atoms. The van der Waals surface area contributed by atoms with Crippen molar-refractivity contribution >= 4 is 11.6 Å². The quantitative estimate of drug-likeness (QED) is 0.675.